The second-order valence-electron chi connectivity index (χ2n) is 5.43. The zero-order chi connectivity index (χ0) is 14.2. The van der Waals surface area contributed by atoms with Crippen molar-refractivity contribution < 1.29 is 8.78 Å². The lowest BCUT2D eigenvalue weighted by atomic mass is 10.0. The van der Waals surface area contributed by atoms with Crippen molar-refractivity contribution in [3.05, 3.63) is 46.4 Å². The van der Waals surface area contributed by atoms with Gasteiger partial charge >= 0.3 is 0 Å². The summed E-state index contributed by atoms with van der Waals surface area (Å²) in [5.74, 6) is -2.54. The first-order valence-electron chi connectivity index (χ1n) is 6.81. The topological polar surface area (TPSA) is 3.24 Å². The molecule has 4 heteroatoms. The molecule has 1 aliphatic rings. The van der Waals surface area contributed by atoms with Gasteiger partial charge in [-0.3, -0.25) is 4.90 Å². The standard InChI is InChI=1S/C16H16BrF2N/c17-14-7-2-5-12-4-1-6-13(15(12)14)10-20-9-3-8-16(18,19)11-20/h1-2,4-7H,3,8-11H2. The van der Waals surface area contributed by atoms with Gasteiger partial charge in [-0.1, -0.05) is 46.3 Å². The monoisotopic (exact) mass is 339 g/mol. The Morgan fingerprint density at radius 2 is 1.90 bits per heavy atom. The summed E-state index contributed by atoms with van der Waals surface area (Å²) >= 11 is 3.57. The molecule has 20 heavy (non-hydrogen) atoms. The lowest BCUT2D eigenvalue weighted by Crippen LogP contribution is -2.42. The first-order chi connectivity index (χ1) is 9.55. The van der Waals surface area contributed by atoms with Crippen LogP contribution in [0.15, 0.2) is 40.9 Å². The van der Waals surface area contributed by atoms with Gasteiger partial charge in [-0.05, 0) is 30.0 Å². The number of benzene rings is 2. The van der Waals surface area contributed by atoms with Crippen molar-refractivity contribution in [2.45, 2.75) is 25.3 Å². The molecule has 0 radical (unpaired) electrons. The number of halogens is 3. The lowest BCUT2D eigenvalue weighted by Gasteiger charge is -2.32. The van der Waals surface area contributed by atoms with Crippen LogP contribution in [0.1, 0.15) is 18.4 Å². The van der Waals surface area contributed by atoms with Gasteiger partial charge in [0, 0.05) is 22.8 Å². The molecule has 2 aromatic carbocycles. The van der Waals surface area contributed by atoms with Crippen LogP contribution in [0, 0.1) is 0 Å². The van der Waals surface area contributed by atoms with Gasteiger partial charge < -0.3 is 0 Å². The van der Waals surface area contributed by atoms with Crippen molar-refractivity contribution in [3.8, 4) is 0 Å². The van der Waals surface area contributed by atoms with Gasteiger partial charge in [-0.15, -0.1) is 0 Å². The van der Waals surface area contributed by atoms with Crippen molar-refractivity contribution >= 4 is 26.7 Å². The van der Waals surface area contributed by atoms with Crippen LogP contribution >= 0.6 is 15.9 Å². The van der Waals surface area contributed by atoms with Gasteiger partial charge in [0.2, 0.25) is 0 Å². The highest BCUT2D eigenvalue weighted by atomic mass is 79.9. The molecule has 106 valence electrons. The molecule has 1 nitrogen and oxygen atoms in total. The number of hydrogen-bond acceptors (Lipinski definition) is 1. The normalized spacial score (nSPS) is 19.4. The van der Waals surface area contributed by atoms with E-state index >= 15 is 0 Å². The van der Waals surface area contributed by atoms with E-state index in [1.54, 1.807) is 0 Å². The molecule has 0 amide bonds. The van der Waals surface area contributed by atoms with Crippen LogP contribution in [-0.4, -0.2) is 23.9 Å². The Bertz CT molecular complexity index is 622. The fourth-order valence-corrected chi connectivity index (χ4v) is 3.56. The summed E-state index contributed by atoms with van der Waals surface area (Å²) in [6, 6.07) is 12.1. The Kier molecular flexibility index (Phi) is 3.78. The number of piperidine rings is 1. The number of likely N-dealkylation sites (tertiary alicyclic amines) is 1. The second-order valence-corrected chi connectivity index (χ2v) is 6.28. The molecular weight excluding hydrogens is 324 g/mol. The first kappa shape index (κ1) is 14.0. The number of hydrogen-bond donors (Lipinski definition) is 0. The maximum atomic E-state index is 13.5. The molecule has 1 heterocycles. The minimum absolute atomic E-state index is 0.0166. The molecule has 1 aliphatic heterocycles. The Balaban J connectivity index is 1.91. The van der Waals surface area contributed by atoms with Crippen molar-refractivity contribution in [2.75, 3.05) is 13.1 Å². The van der Waals surface area contributed by atoms with Crippen LogP contribution in [0.5, 0.6) is 0 Å². The maximum Gasteiger partial charge on any atom is 0.260 e. The SMILES string of the molecule is FC1(F)CCCN(Cc2cccc3cccc(Br)c23)C1. The van der Waals surface area contributed by atoms with Gasteiger partial charge in [0.15, 0.2) is 0 Å². The van der Waals surface area contributed by atoms with E-state index in [0.29, 0.717) is 13.0 Å². The van der Waals surface area contributed by atoms with E-state index in [4.69, 9.17) is 0 Å². The largest absolute Gasteiger partial charge is 0.293 e. The van der Waals surface area contributed by atoms with Crippen LogP contribution in [0.4, 0.5) is 8.78 Å². The fraction of sp³-hybridized carbons (Fsp3) is 0.375. The van der Waals surface area contributed by atoms with Gasteiger partial charge in [0.25, 0.3) is 5.92 Å². The summed E-state index contributed by atoms with van der Waals surface area (Å²) in [5.41, 5.74) is 1.10. The Morgan fingerprint density at radius 1 is 1.15 bits per heavy atom. The number of alkyl halides is 2. The molecule has 0 saturated carbocycles. The van der Waals surface area contributed by atoms with E-state index in [2.05, 4.69) is 28.1 Å². The Morgan fingerprint density at radius 3 is 2.65 bits per heavy atom. The van der Waals surface area contributed by atoms with E-state index in [1.807, 2.05) is 29.2 Å². The third-order valence-corrected chi connectivity index (χ3v) is 4.47. The minimum atomic E-state index is -2.54. The molecule has 0 aliphatic carbocycles. The molecular formula is C16H16BrF2N. The molecule has 0 spiro atoms. The third kappa shape index (κ3) is 2.86. The number of nitrogens with zero attached hydrogens (tertiary/aromatic N) is 1. The quantitative estimate of drug-likeness (QED) is 0.757. The molecule has 3 rings (SSSR count). The molecule has 0 bridgehead atoms. The van der Waals surface area contributed by atoms with Crippen molar-refractivity contribution in [3.63, 3.8) is 0 Å². The molecule has 0 atom stereocenters. The van der Waals surface area contributed by atoms with Crippen LogP contribution in [-0.2, 0) is 6.54 Å². The molecule has 1 saturated heterocycles. The highest BCUT2D eigenvalue weighted by Gasteiger charge is 2.35. The van der Waals surface area contributed by atoms with E-state index in [1.165, 1.54) is 0 Å². The van der Waals surface area contributed by atoms with E-state index in [0.717, 1.165) is 27.4 Å². The molecule has 1 fully saturated rings. The average Bonchev–Trinajstić information content (AvgIpc) is 2.38. The zero-order valence-corrected chi connectivity index (χ0v) is 12.7. The first-order valence-corrected chi connectivity index (χ1v) is 7.61. The van der Waals surface area contributed by atoms with Gasteiger partial charge in [0.05, 0.1) is 6.54 Å². The zero-order valence-electron chi connectivity index (χ0n) is 11.1. The summed E-state index contributed by atoms with van der Waals surface area (Å²) < 4.78 is 28.0. The molecule has 0 N–H and O–H groups in total. The van der Waals surface area contributed by atoms with Crippen molar-refractivity contribution in [2.24, 2.45) is 0 Å². The second kappa shape index (κ2) is 5.41. The van der Waals surface area contributed by atoms with Crippen LogP contribution in [0.2, 0.25) is 0 Å². The average molecular weight is 340 g/mol. The maximum absolute atomic E-state index is 13.5. The lowest BCUT2D eigenvalue weighted by molar-refractivity contribution is -0.0660. The fourth-order valence-electron chi connectivity index (χ4n) is 2.92. The summed E-state index contributed by atoms with van der Waals surface area (Å²) in [4.78, 5) is 1.86. The van der Waals surface area contributed by atoms with Gasteiger partial charge in [0.1, 0.15) is 0 Å². The van der Waals surface area contributed by atoms with E-state index in [9.17, 15) is 8.78 Å². The van der Waals surface area contributed by atoms with Crippen molar-refractivity contribution in [1.82, 2.24) is 4.90 Å². The highest BCUT2D eigenvalue weighted by Crippen LogP contribution is 2.31. The van der Waals surface area contributed by atoms with Gasteiger partial charge in [-0.25, -0.2) is 8.78 Å². The summed E-state index contributed by atoms with van der Waals surface area (Å²) in [6.45, 7) is 1.19. The van der Waals surface area contributed by atoms with Crippen LogP contribution < -0.4 is 0 Å². The Labute approximate surface area is 125 Å². The van der Waals surface area contributed by atoms with Crippen LogP contribution in [0.25, 0.3) is 10.8 Å². The predicted molar refractivity (Wildman–Crippen MR) is 81.1 cm³/mol. The third-order valence-electron chi connectivity index (χ3n) is 3.81. The number of fused-ring (bicyclic) bond motifs is 1. The van der Waals surface area contributed by atoms with Crippen molar-refractivity contribution in [1.29, 1.82) is 0 Å². The highest BCUT2D eigenvalue weighted by molar-refractivity contribution is 9.10. The summed E-state index contributed by atoms with van der Waals surface area (Å²) in [7, 11) is 0. The summed E-state index contributed by atoms with van der Waals surface area (Å²) in [5, 5.41) is 2.27. The molecule has 0 aromatic heterocycles. The Hall–Kier alpha value is -1.00. The predicted octanol–water partition coefficient (Wildman–Crippen LogP) is 4.83. The smallest absolute Gasteiger partial charge is 0.260 e. The van der Waals surface area contributed by atoms with Gasteiger partial charge in [-0.2, -0.15) is 0 Å². The van der Waals surface area contributed by atoms with Crippen LogP contribution in [0.3, 0.4) is 0 Å². The number of rotatable bonds is 2. The molecule has 0 unspecified atom stereocenters. The van der Waals surface area contributed by atoms with E-state index in [-0.39, 0.29) is 13.0 Å². The van der Waals surface area contributed by atoms with E-state index < -0.39 is 5.92 Å². The minimum Gasteiger partial charge on any atom is -0.293 e. The summed E-state index contributed by atoms with van der Waals surface area (Å²) in [6.07, 6.45) is 0.585. The molecule has 2 aromatic rings.